The molecule has 3 amide bonds. The predicted molar refractivity (Wildman–Crippen MR) is 99.6 cm³/mol. The molecule has 0 spiro atoms. The van der Waals surface area contributed by atoms with Gasteiger partial charge in [-0.2, -0.15) is 0 Å². The number of ether oxygens (including phenoxy) is 1. The van der Waals surface area contributed by atoms with Gasteiger partial charge >= 0.3 is 6.09 Å². The van der Waals surface area contributed by atoms with Crippen LogP contribution in [-0.2, 0) is 14.3 Å². The summed E-state index contributed by atoms with van der Waals surface area (Å²) in [6, 6.07) is -0.576. The van der Waals surface area contributed by atoms with Crippen LogP contribution in [0.2, 0.25) is 0 Å². The van der Waals surface area contributed by atoms with Crippen molar-refractivity contribution in [3.05, 3.63) is 0 Å². The third-order valence-corrected chi connectivity index (χ3v) is 5.55. The van der Waals surface area contributed by atoms with Gasteiger partial charge in [-0.15, -0.1) is 0 Å². The second-order valence-electron chi connectivity index (χ2n) is 8.56. The van der Waals surface area contributed by atoms with E-state index in [9.17, 15) is 19.5 Å². The molecule has 0 aromatic heterocycles. The fraction of sp³-hybridized carbons (Fsp3) is 0.842. The lowest BCUT2D eigenvalue weighted by Crippen LogP contribution is -2.47. The van der Waals surface area contributed by atoms with E-state index in [4.69, 9.17) is 10.5 Å². The number of hydrogen-bond acceptors (Lipinski definition) is 5. The SMILES string of the molecule is CC1(C)CC(CC(CO)NC(=O)C(CC2CCCCC2)OC(N)=O)C(=O)N1. The number of carbonyl (C=O) groups is 3. The van der Waals surface area contributed by atoms with E-state index in [0.717, 1.165) is 25.7 Å². The van der Waals surface area contributed by atoms with Crippen molar-refractivity contribution in [2.45, 2.75) is 82.9 Å². The number of nitrogens with two attached hydrogens (primary N) is 1. The number of aliphatic hydroxyl groups is 1. The van der Waals surface area contributed by atoms with Gasteiger partial charge in [0.2, 0.25) is 5.91 Å². The third kappa shape index (κ3) is 6.68. The maximum atomic E-state index is 12.6. The zero-order chi connectivity index (χ0) is 20.0. The van der Waals surface area contributed by atoms with Gasteiger partial charge in [0.05, 0.1) is 12.6 Å². The van der Waals surface area contributed by atoms with Crippen molar-refractivity contribution in [3.63, 3.8) is 0 Å². The van der Waals surface area contributed by atoms with Gasteiger partial charge in [0.25, 0.3) is 5.91 Å². The minimum Gasteiger partial charge on any atom is -0.436 e. The Bertz CT molecular complexity index is 545. The molecule has 0 aromatic rings. The number of carbonyl (C=O) groups excluding carboxylic acids is 3. The minimum atomic E-state index is -0.983. The van der Waals surface area contributed by atoms with Gasteiger partial charge < -0.3 is 26.2 Å². The maximum absolute atomic E-state index is 12.6. The number of nitrogens with one attached hydrogen (secondary N) is 2. The van der Waals surface area contributed by atoms with E-state index in [1.165, 1.54) is 6.42 Å². The highest BCUT2D eigenvalue weighted by molar-refractivity contribution is 5.84. The summed E-state index contributed by atoms with van der Waals surface area (Å²) in [4.78, 5) is 35.9. The lowest BCUT2D eigenvalue weighted by molar-refractivity contribution is -0.132. The number of amides is 3. The van der Waals surface area contributed by atoms with E-state index in [0.29, 0.717) is 25.2 Å². The number of aliphatic hydroxyl groups excluding tert-OH is 1. The lowest BCUT2D eigenvalue weighted by Gasteiger charge is -2.27. The Hall–Kier alpha value is -1.83. The number of rotatable bonds is 8. The van der Waals surface area contributed by atoms with Gasteiger partial charge in [-0.1, -0.05) is 32.1 Å². The first-order valence-electron chi connectivity index (χ1n) is 9.89. The fourth-order valence-electron chi connectivity index (χ4n) is 4.28. The summed E-state index contributed by atoms with van der Waals surface area (Å²) < 4.78 is 5.05. The Balaban J connectivity index is 1.94. The van der Waals surface area contributed by atoms with Crippen molar-refractivity contribution in [1.82, 2.24) is 10.6 Å². The summed E-state index contributed by atoms with van der Waals surface area (Å²) in [5.74, 6) is -0.481. The Morgan fingerprint density at radius 2 is 1.96 bits per heavy atom. The van der Waals surface area contributed by atoms with E-state index in [1.54, 1.807) is 0 Å². The van der Waals surface area contributed by atoms with Crippen LogP contribution >= 0.6 is 0 Å². The molecule has 8 heteroatoms. The van der Waals surface area contributed by atoms with E-state index < -0.39 is 24.1 Å². The monoisotopic (exact) mass is 383 g/mol. The quantitative estimate of drug-likeness (QED) is 0.500. The molecule has 8 nitrogen and oxygen atoms in total. The topological polar surface area (TPSA) is 131 Å². The van der Waals surface area contributed by atoms with Crippen LogP contribution in [0.3, 0.4) is 0 Å². The van der Waals surface area contributed by atoms with Crippen LogP contribution in [0.15, 0.2) is 0 Å². The molecular weight excluding hydrogens is 350 g/mol. The maximum Gasteiger partial charge on any atom is 0.405 e. The highest BCUT2D eigenvalue weighted by atomic mass is 16.6. The highest BCUT2D eigenvalue weighted by Gasteiger charge is 2.39. The summed E-state index contributed by atoms with van der Waals surface area (Å²) in [7, 11) is 0. The first-order chi connectivity index (χ1) is 12.7. The van der Waals surface area contributed by atoms with Crippen molar-refractivity contribution in [3.8, 4) is 0 Å². The van der Waals surface area contributed by atoms with E-state index in [-0.39, 0.29) is 24.0 Å². The van der Waals surface area contributed by atoms with Crippen LogP contribution in [0.25, 0.3) is 0 Å². The zero-order valence-electron chi connectivity index (χ0n) is 16.3. The lowest BCUT2D eigenvalue weighted by atomic mass is 9.85. The van der Waals surface area contributed by atoms with Gasteiger partial charge in [-0.3, -0.25) is 9.59 Å². The van der Waals surface area contributed by atoms with Crippen molar-refractivity contribution in [1.29, 1.82) is 0 Å². The second-order valence-corrected chi connectivity index (χ2v) is 8.56. The van der Waals surface area contributed by atoms with E-state index in [1.807, 2.05) is 13.8 Å². The number of hydrogen-bond donors (Lipinski definition) is 4. The first kappa shape index (κ1) is 21.5. The molecule has 1 aliphatic carbocycles. The molecule has 27 heavy (non-hydrogen) atoms. The fourth-order valence-corrected chi connectivity index (χ4v) is 4.28. The summed E-state index contributed by atoms with van der Waals surface area (Å²) in [6.45, 7) is 3.60. The molecular formula is C19H33N3O5. The first-order valence-corrected chi connectivity index (χ1v) is 9.89. The van der Waals surface area contributed by atoms with Crippen LogP contribution in [-0.4, -0.2) is 47.3 Å². The zero-order valence-corrected chi connectivity index (χ0v) is 16.3. The summed E-state index contributed by atoms with van der Waals surface area (Å²) >= 11 is 0. The van der Waals surface area contributed by atoms with Crippen molar-refractivity contribution >= 4 is 17.9 Å². The van der Waals surface area contributed by atoms with Crippen LogP contribution in [0.1, 0.15) is 65.2 Å². The average molecular weight is 383 g/mol. The van der Waals surface area contributed by atoms with Crippen LogP contribution in [0.4, 0.5) is 4.79 Å². The molecule has 2 rings (SSSR count). The second kappa shape index (κ2) is 9.39. The molecule has 154 valence electrons. The van der Waals surface area contributed by atoms with Gasteiger partial charge in [0.1, 0.15) is 0 Å². The Morgan fingerprint density at radius 3 is 2.48 bits per heavy atom. The van der Waals surface area contributed by atoms with Crippen molar-refractivity contribution in [2.75, 3.05) is 6.61 Å². The van der Waals surface area contributed by atoms with Crippen molar-refractivity contribution < 1.29 is 24.2 Å². The Morgan fingerprint density at radius 1 is 1.30 bits per heavy atom. The van der Waals surface area contributed by atoms with E-state index in [2.05, 4.69) is 10.6 Å². The molecule has 1 saturated heterocycles. The molecule has 3 atom stereocenters. The van der Waals surface area contributed by atoms with Crippen molar-refractivity contribution in [2.24, 2.45) is 17.6 Å². The molecule has 0 radical (unpaired) electrons. The van der Waals surface area contributed by atoms with Crippen LogP contribution < -0.4 is 16.4 Å². The molecule has 3 unspecified atom stereocenters. The summed E-state index contributed by atoms with van der Waals surface area (Å²) in [6.07, 6.45) is 4.89. The molecule has 1 aliphatic heterocycles. The van der Waals surface area contributed by atoms with E-state index >= 15 is 0 Å². The summed E-state index contributed by atoms with van der Waals surface area (Å²) in [5, 5.41) is 15.3. The molecule has 0 aromatic carbocycles. The van der Waals surface area contributed by atoms with Crippen LogP contribution in [0.5, 0.6) is 0 Å². The normalized spacial score (nSPS) is 24.7. The predicted octanol–water partition coefficient (Wildman–Crippen LogP) is 1.20. The highest BCUT2D eigenvalue weighted by Crippen LogP contribution is 2.29. The standard InChI is InChI=1S/C19H33N3O5/c1-19(2)10-13(16(24)22-19)9-14(11-23)21-17(25)15(27-18(20)26)8-12-6-4-3-5-7-12/h12-15,23H,3-11H2,1-2H3,(H2,20,26)(H,21,25)(H,22,24). The smallest absolute Gasteiger partial charge is 0.405 e. The summed E-state index contributed by atoms with van der Waals surface area (Å²) in [5.41, 5.74) is 4.85. The number of primary amides is 1. The molecule has 1 saturated carbocycles. The van der Waals surface area contributed by atoms with Gasteiger partial charge in [-0.05, 0) is 39.0 Å². The molecule has 0 bridgehead atoms. The molecule has 5 N–H and O–H groups in total. The molecule has 2 aliphatic rings. The largest absolute Gasteiger partial charge is 0.436 e. The average Bonchev–Trinajstić information content (AvgIpc) is 2.85. The molecule has 2 fully saturated rings. The van der Waals surface area contributed by atoms with Gasteiger partial charge in [0, 0.05) is 11.5 Å². The Kier molecular flexibility index (Phi) is 7.47. The molecule has 1 heterocycles. The van der Waals surface area contributed by atoms with Crippen LogP contribution in [0, 0.1) is 11.8 Å². The minimum absolute atomic E-state index is 0.0696. The third-order valence-electron chi connectivity index (χ3n) is 5.55. The van der Waals surface area contributed by atoms with Gasteiger partial charge in [-0.25, -0.2) is 4.79 Å². The Labute approximate surface area is 160 Å². The van der Waals surface area contributed by atoms with Gasteiger partial charge in [0.15, 0.2) is 6.10 Å².